The average Bonchev–Trinajstić information content (AvgIpc) is 2.82. The molecule has 0 aromatic carbocycles. The summed E-state index contributed by atoms with van der Waals surface area (Å²) in [7, 11) is 0. The number of carbonyl (C=O) groups is 2. The summed E-state index contributed by atoms with van der Waals surface area (Å²) in [4.78, 5) is 26.8. The van der Waals surface area contributed by atoms with Gasteiger partial charge >= 0.3 is 0 Å². The summed E-state index contributed by atoms with van der Waals surface area (Å²) in [5.41, 5.74) is -0.432. The highest BCUT2D eigenvalue weighted by Gasteiger charge is 2.43. The smallest absolute Gasteiger partial charge is 0.248 e. The van der Waals surface area contributed by atoms with E-state index in [0.29, 0.717) is 25.8 Å². The molecule has 1 saturated carbocycles. The van der Waals surface area contributed by atoms with Gasteiger partial charge in [0, 0.05) is 19.5 Å². The van der Waals surface area contributed by atoms with Crippen molar-refractivity contribution < 1.29 is 9.59 Å². The Labute approximate surface area is 122 Å². The summed E-state index contributed by atoms with van der Waals surface area (Å²) >= 11 is 0. The highest BCUT2D eigenvalue weighted by Crippen LogP contribution is 2.39. The van der Waals surface area contributed by atoms with Crippen LogP contribution in [0.4, 0.5) is 0 Å². The summed E-state index contributed by atoms with van der Waals surface area (Å²) in [6, 6.07) is 0. The largest absolute Gasteiger partial charge is 0.342 e. The molecule has 0 radical (unpaired) electrons. The van der Waals surface area contributed by atoms with Crippen molar-refractivity contribution in [3.63, 3.8) is 0 Å². The molecule has 4 heteroatoms. The lowest BCUT2D eigenvalue weighted by molar-refractivity contribution is -0.140. The fourth-order valence-electron chi connectivity index (χ4n) is 3.75. The second-order valence-electron chi connectivity index (χ2n) is 6.83. The highest BCUT2D eigenvalue weighted by atomic mass is 16.2. The van der Waals surface area contributed by atoms with E-state index in [9.17, 15) is 9.59 Å². The van der Waals surface area contributed by atoms with Gasteiger partial charge in [-0.05, 0) is 31.1 Å². The fraction of sp³-hybridized carbons (Fsp3) is 0.875. The summed E-state index contributed by atoms with van der Waals surface area (Å²) < 4.78 is 0. The Balaban J connectivity index is 2.19. The molecule has 0 atom stereocenters. The zero-order valence-electron chi connectivity index (χ0n) is 13.1. The highest BCUT2D eigenvalue weighted by molar-refractivity contribution is 5.93. The quantitative estimate of drug-likeness (QED) is 0.860. The maximum atomic E-state index is 12.9. The van der Waals surface area contributed by atoms with Gasteiger partial charge in [-0.15, -0.1) is 0 Å². The maximum absolute atomic E-state index is 12.9. The average molecular weight is 280 g/mol. The van der Waals surface area contributed by atoms with E-state index in [1.54, 1.807) is 0 Å². The Hall–Kier alpha value is -1.06. The summed E-state index contributed by atoms with van der Waals surface area (Å²) in [5.74, 6) is 0.141. The SMILES string of the molecule is CCC1(CC)NC(=O)CCN(CC2(C)CCCC2)C1=O. The van der Waals surface area contributed by atoms with Crippen molar-refractivity contribution in [3.8, 4) is 0 Å². The first-order valence-corrected chi connectivity index (χ1v) is 8.05. The monoisotopic (exact) mass is 280 g/mol. The van der Waals surface area contributed by atoms with Crippen molar-refractivity contribution in [2.75, 3.05) is 13.1 Å². The molecule has 2 fully saturated rings. The molecule has 0 aromatic rings. The van der Waals surface area contributed by atoms with E-state index in [2.05, 4.69) is 12.2 Å². The molecule has 1 aliphatic heterocycles. The molecule has 2 aliphatic rings. The van der Waals surface area contributed by atoms with Crippen LogP contribution in [0.25, 0.3) is 0 Å². The lowest BCUT2D eigenvalue weighted by atomic mass is 9.86. The molecule has 1 aliphatic carbocycles. The Kier molecular flexibility index (Phi) is 4.40. The Morgan fingerprint density at radius 3 is 2.30 bits per heavy atom. The van der Waals surface area contributed by atoms with Crippen LogP contribution in [0.15, 0.2) is 0 Å². The molecule has 20 heavy (non-hydrogen) atoms. The summed E-state index contributed by atoms with van der Waals surface area (Å²) in [5, 5.41) is 2.98. The number of hydrogen-bond acceptors (Lipinski definition) is 2. The van der Waals surface area contributed by atoms with E-state index in [1.165, 1.54) is 25.7 Å². The van der Waals surface area contributed by atoms with Gasteiger partial charge in [-0.1, -0.05) is 33.6 Å². The number of hydrogen-bond donors (Lipinski definition) is 1. The third kappa shape index (κ3) is 2.84. The van der Waals surface area contributed by atoms with E-state index in [1.807, 2.05) is 18.7 Å². The zero-order chi connectivity index (χ0) is 14.8. The van der Waals surface area contributed by atoms with Gasteiger partial charge in [0.1, 0.15) is 5.54 Å². The van der Waals surface area contributed by atoms with Gasteiger partial charge in [0.2, 0.25) is 11.8 Å². The van der Waals surface area contributed by atoms with Crippen molar-refractivity contribution in [1.82, 2.24) is 10.2 Å². The third-order valence-electron chi connectivity index (χ3n) is 5.27. The molecular formula is C16H28N2O2. The predicted octanol–water partition coefficient (Wildman–Crippen LogP) is 2.47. The van der Waals surface area contributed by atoms with Gasteiger partial charge < -0.3 is 10.2 Å². The van der Waals surface area contributed by atoms with Crippen LogP contribution < -0.4 is 5.32 Å². The Morgan fingerprint density at radius 1 is 1.15 bits per heavy atom. The molecule has 4 nitrogen and oxygen atoms in total. The molecule has 0 unspecified atom stereocenters. The van der Waals surface area contributed by atoms with Crippen LogP contribution in [0.3, 0.4) is 0 Å². The van der Waals surface area contributed by atoms with E-state index >= 15 is 0 Å². The lowest BCUT2D eigenvalue weighted by Crippen LogP contribution is -2.57. The van der Waals surface area contributed by atoms with Crippen LogP contribution in [-0.2, 0) is 9.59 Å². The van der Waals surface area contributed by atoms with Gasteiger partial charge in [-0.25, -0.2) is 0 Å². The Bertz CT molecular complexity index is 382. The molecule has 0 aromatic heterocycles. The topological polar surface area (TPSA) is 49.4 Å². The van der Waals surface area contributed by atoms with Crippen LogP contribution in [-0.4, -0.2) is 35.3 Å². The van der Waals surface area contributed by atoms with Crippen LogP contribution in [0.5, 0.6) is 0 Å². The predicted molar refractivity (Wildman–Crippen MR) is 79.2 cm³/mol. The number of rotatable bonds is 4. The number of amides is 2. The minimum Gasteiger partial charge on any atom is -0.342 e. The van der Waals surface area contributed by atoms with Crippen LogP contribution in [0.1, 0.15) is 65.7 Å². The number of nitrogens with one attached hydrogen (secondary N) is 1. The van der Waals surface area contributed by atoms with E-state index in [0.717, 1.165) is 6.54 Å². The second-order valence-corrected chi connectivity index (χ2v) is 6.83. The molecule has 2 amide bonds. The zero-order valence-corrected chi connectivity index (χ0v) is 13.1. The van der Waals surface area contributed by atoms with E-state index in [4.69, 9.17) is 0 Å². The standard InChI is InChI=1S/C16H28N2O2/c1-4-16(5-2)14(20)18(11-8-13(19)17-16)12-15(3)9-6-7-10-15/h4-12H2,1-3H3,(H,17,19). The van der Waals surface area contributed by atoms with Crippen LogP contribution in [0, 0.1) is 5.41 Å². The summed E-state index contributed by atoms with van der Waals surface area (Å²) in [6.45, 7) is 7.64. The van der Waals surface area contributed by atoms with Gasteiger partial charge in [0.05, 0.1) is 0 Å². The minimum absolute atomic E-state index is 0.0149. The van der Waals surface area contributed by atoms with Crippen LogP contribution >= 0.6 is 0 Å². The molecule has 2 rings (SSSR count). The van der Waals surface area contributed by atoms with Gasteiger partial charge in [-0.2, -0.15) is 0 Å². The van der Waals surface area contributed by atoms with Crippen molar-refractivity contribution in [1.29, 1.82) is 0 Å². The van der Waals surface area contributed by atoms with Crippen molar-refractivity contribution in [2.24, 2.45) is 5.41 Å². The van der Waals surface area contributed by atoms with E-state index in [-0.39, 0.29) is 17.2 Å². The second kappa shape index (κ2) is 5.74. The molecule has 1 saturated heterocycles. The number of nitrogens with zero attached hydrogens (tertiary/aromatic N) is 1. The van der Waals surface area contributed by atoms with E-state index < -0.39 is 5.54 Å². The fourth-order valence-corrected chi connectivity index (χ4v) is 3.75. The first kappa shape index (κ1) is 15.3. The molecule has 0 spiro atoms. The normalized spacial score (nSPS) is 25.4. The van der Waals surface area contributed by atoms with Gasteiger partial charge in [0.15, 0.2) is 0 Å². The van der Waals surface area contributed by atoms with Crippen molar-refractivity contribution >= 4 is 11.8 Å². The Morgan fingerprint density at radius 2 is 1.75 bits per heavy atom. The van der Waals surface area contributed by atoms with Crippen LogP contribution in [0.2, 0.25) is 0 Å². The van der Waals surface area contributed by atoms with Crippen molar-refractivity contribution in [2.45, 2.75) is 71.3 Å². The third-order valence-corrected chi connectivity index (χ3v) is 5.27. The summed E-state index contributed by atoms with van der Waals surface area (Å²) in [6.07, 6.45) is 6.70. The number of carbonyl (C=O) groups excluding carboxylic acids is 2. The molecular weight excluding hydrogens is 252 g/mol. The molecule has 1 heterocycles. The minimum atomic E-state index is -0.678. The molecule has 0 bridgehead atoms. The molecule has 114 valence electrons. The molecule has 1 N–H and O–H groups in total. The van der Waals surface area contributed by atoms with Crippen molar-refractivity contribution in [3.05, 3.63) is 0 Å². The first-order chi connectivity index (χ1) is 9.45. The first-order valence-electron chi connectivity index (χ1n) is 8.05. The van der Waals surface area contributed by atoms with Gasteiger partial charge in [-0.3, -0.25) is 9.59 Å². The van der Waals surface area contributed by atoms with Gasteiger partial charge in [0.25, 0.3) is 0 Å². The maximum Gasteiger partial charge on any atom is 0.248 e. The lowest BCUT2D eigenvalue weighted by Gasteiger charge is -2.37.